The third-order valence-electron chi connectivity index (χ3n) is 6.03. The molecule has 0 aliphatic rings. The van der Waals surface area contributed by atoms with Crippen LogP contribution in [0.1, 0.15) is 22.3 Å². The number of hydrogen-bond donors (Lipinski definition) is 2. The van der Waals surface area contributed by atoms with E-state index in [1.54, 1.807) is 36.4 Å². The van der Waals surface area contributed by atoms with Gasteiger partial charge in [-0.2, -0.15) is 0 Å². The molecule has 0 fully saturated rings. The number of amides is 1. The molecule has 4 aromatic carbocycles. The SMILES string of the molecule is COc1ccc(CC(=O)NCCc2cccc(OCc3ccccc3)c2)c(CO)c1OS(=O)c1ccccc1. The molecule has 4 aromatic rings. The van der Waals surface area contributed by atoms with E-state index in [1.165, 1.54) is 7.11 Å². The van der Waals surface area contributed by atoms with Gasteiger partial charge in [-0.25, -0.2) is 4.21 Å². The van der Waals surface area contributed by atoms with E-state index >= 15 is 0 Å². The fourth-order valence-corrected chi connectivity index (χ4v) is 4.82. The van der Waals surface area contributed by atoms with Gasteiger partial charge < -0.3 is 24.1 Å². The van der Waals surface area contributed by atoms with Gasteiger partial charge in [0.15, 0.2) is 11.5 Å². The molecule has 1 atom stereocenters. The van der Waals surface area contributed by atoms with Gasteiger partial charge in [0, 0.05) is 12.1 Å². The van der Waals surface area contributed by atoms with Crippen molar-refractivity contribution in [3.05, 3.63) is 119 Å². The maximum atomic E-state index is 12.8. The lowest BCUT2D eigenvalue weighted by molar-refractivity contribution is -0.120. The van der Waals surface area contributed by atoms with E-state index in [0.29, 0.717) is 41.3 Å². The number of benzene rings is 4. The summed E-state index contributed by atoms with van der Waals surface area (Å²) in [6, 6.07) is 29.8. The third kappa shape index (κ3) is 7.92. The van der Waals surface area contributed by atoms with Gasteiger partial charge in [-0.05, 0) is 53.4 Å². The van der Waals surface area contributed by atoms with Crippen molar-refractivity contribution in [2.75, 3.05) is 13.7 Å². The van der Waals surface area contributed by atoms with Crippen molar-refractivity contribution < 1.29 is 27.8 Å². The molecule has 8 heteroatoms. The smallest absolute Gasteiger partial charge is 0.240 e. The molecule has 39 heavy (non-hydrogen) atoms. The summed E-state index contributed by atoms with van der Waals surface area (Å²) in [5, 5.41) is 13.0. The normalized spacial score (nSPS) is 11.4. The van der Waals surface area contributed by atoms with Crippen molar-refractivity contribution in [3.8, 4) is 17.2 Å². The molecule has 0 aliphatic carbocycles. The molecule has 1 amide bonds. The molecule has 0 saturated carbocycles. The zero-order valence-electron chi connectivity index (χ0n) is 21.7. The Morgan fingerprint density at radius 1 is 0.897 bits per heavy atom. The van der Waals surface area contributed by atoms with E-state index in [-0.39, 0.29) is 18.1 Å². The molecule has 1 unspecified atom stereocenters. The minimum absolute atomic E-state index is 0.0223. The van der Waals surface area contributed by atoms with E-state index < -0.39 is 17.7 Å². The first-order valence-electron chi connectivity index (χ1n) is 12.5. The number of methoxy groups -OCH3 is 1. The molecular weight excluding hydrogens is 514 g/mol. The molecule has 7 nitrogen and oxygen atoms in total. The molecule has 0 bridgehead atoms. The van der Waals surface area contributed by atoms with Crippen molar-refractivity contribution in [3.63, 3.8) is 0 Å². The Labute approximate surface area is 231 Å². The van der Waals surface area contributed by atoms with Gasteiger partial charge in [0.05, 0.1) is 25.0 Å². The summed E-state index contributed by atoms with van der Waals surface area (Å²) in [6.07, 6.45) is 0.655. The second-order valence-electron chi connectivity index (χ2n) is 8.72. The van der Waals surface area contributed by atoms with Crippen LogP contribution in [-0.2, 0) is 41.9 Å². The zero-order chi connectivity index (χ0) is 27.5. The molecule has 0 saturated heterocycles. The summed E-state index contributed by atoms with van der Waals surface area (Å²) in [4.78, 5) is 13.2. The largest absolute Gasteiger partial charge is 0.493 e. The van der Waals surface area contributed by atoms with Crippen LogP contribution in [0.15, 0.2) is 102 Å². The molecule has 0 aromatic heterocycles. The maximum absolute atomic E-state index is 12.8. The second-order valence-corrected chi connectivity index (χ2v) is 9.83. The number of carbonyl (C=O) groups is 1. The maximum Gasteiger partial charge on any atom is 0.240 e. The Hall–Kier alpha value is -4.14. The van der Waals surface area contributed by atoms with E-state index in [1.807, 2.05) is 60.7 Å². The molecule has 0 radical (unpaired) electrons. The van der Waals surface area contributed by atoms with Crippen molar-refractivity contribution in [1.29, 1.82) is 0 Å². The van der Waals surface area contributed by atoms with Crippen LogP contribution >= 0.6 is 0 Å². The van der Waals surface area contributed by atoms with Gasteiger partial charge in [-0.1, -0.05) is 66.7 Å². The van der Waals surface area contributed by atoms with Crippen LogP contribution in [0, 0.1) is 0 Å². The zero-order valence-corrected chi connectivity index (χ0v) is 22.5. The monoisotopic (exact) mass is 545 g/mol. The predicted octanol–water partition coefficient (Wildman–Crippen LogP) is 4.77. The van der Waals surface area contributed by atoms with Gasteiger partial charge in [0.25, 0.3) is 0 Å². The summed E-state index contributed by atoms with van der Waals surface area (Å²) in [5.41, 5.74) is 3.06. The minimum atomic E-state index is -1.82. The average Bonchev–Trinajstić information content (AvgIpc) is 2.97. The number of carbonyl (C=O) groups excluding carboxylic acids is 1. The van der Waals surface area contributed by atoms with Crippen molar-refractivity contribution >= 4 is 17.0 Å². The van der Waals surface area contributed by atoms with E-state index in [4.69, 9.17) is 13.7 Å². The first kappa shape index (κ1) is 27.9. The van der Waals surface area contributed by atoms with E-state index in [9.17, 15) is 14.1 Å². The summed E-state index contributed by atoms with van der Waals surface area (Å²) in [5.74, 6) is 1.04. The lowest BCUT2D eigenvalue weighted by atomic mass is 10.0. The predicted molar refractivity (Wildman–Crippen MR) is 150 cm³/mol. The van der Waals surface area contributed by atoms with Crippen LogP contribution in [0.5, 0.6) is 17.2 Å². The van der Waals surface area contributed by atoms with Crippen LogP contribution in [-0.4, -0.2) is 28.9 Å². The Balaban J connectivity index is 1.35. The lowest BCUT2D eigenvalue weighted by Crippen LogP contribution is -2.27. The topological polar surface area (TPSA) is 94.1 Å². The van der Waals surface area contributed by atoms with Crippen LogP contribution < -0.4 is 19.0 Å². The van der Waals surface area contributed by atoms with Gasteiger partial charge in [-0.15, -0.1) is 0 Å². The van der Waals surface area contributed by atoms with Crippen LogP contribution in [0.2, 0.25) is 0 Å². The Morgan fingerprint density at radius 3 is 2.33 bits per heavy atom. The van der Waals surface area contributed by atoms with Crippen molar-refractivity contribution in [2.24, 2.45) is 0 Å². The highest BCUT2D eigenvalue weighted by molar-refractivity contribution is 7.80. The summed E-state index contributed by atoms with van der Waals surface area (Å²) >= 11 is -1.82. The quantitative estimate of drug-likeness (QED) is 0.251. The van der Waals surface area contributed by atoms with E-state index in [0.717, 1.165) is 16.9 Å². The van der Waals surface area contributed by atoms with Gasteiger partial charge in [0.1, 0.15) is 12.4 Å². The minimum Gasteiger partial charge on any atom is -0.493 e. The lowest BCUT2D eigenvalue weighted by Gasteiger charge is -2.16. The number of rotatable bonds is 13. The Bertz CT molecular complexity index is 1400. The number of nitrogens with one attached hydrogen (secondary N) is 1. The number of hydrogen-bond acceptors (Lipinski definition) is 6. The van der Waals surface area contributed by atoms with Crippen LogP contribution in [0.3, 0.4) is 0 Å². The number of ether oxygens (including phenoxy) is 2. The van der Waals surface area contributed by atoms with Gasteiger partial charge >= 0.3 is 0 Å². The number of aliphatic hydroxyl groups excluding tert-OH is 1. The third-order valence-corrected chi connectivity index (χ3v) is 7.00. The molecule has 4 rings (SSSR count). The molecular formula is C31H31NO6S. The van der Waals surface area contributed by atoms with Crippen molar-refractivity contribution in [1.82, 2.24) is 5.32 Å². The van der Waals surface area contributed by atoms with Crippen molar-refractivity contribution in [2.45, 2.75) is 31.0 Å². The van der Waals surface area contributed by atoms with Gasteiger partial charge in [-0.3, -0.25) is 4.79 Å². The fraction of sp³-hybridized carbons (Fsp3) is 0.194. The summed E-state index contributed by atoms with van der Waals surface area (Å²) < 4.78 is 29.7. The Kier molecular flexibility index (Phi) is 10.1. The first-order chi connectivity index (χ1) is 19.1. The molecule has 2 N–H and O–H groups in total. The molecule has 0 aliphatic heterocycles. The summed E-state index contributed by atoms with van der Waals surface area (Å²) in [6.45, 7) is 0.518. The second kappa shape index (κ2) is 14.1. The average molecular weight is 546 g/mol. The van der Waals surface area contributed by atoms with E-state index in [2.05, 4.69) is 5.32 Å². The standard InChI is InChI=1S/C31H31NO6S/c1-36-29-16-15-25(28(21-33)31(29)38-39(35)27-13-6-3-7-14-27)20-30(34)32-18-17-23-11-8-12-26(19-23)37-22-24-9-4-2-5-10-24/h2-16,19,33H,17-18,20-22H2,1H3,(H,32,34). The molecule has 0 spiro atoms. The highest BCUT2D eigenvalue weighted by atomic mass is 32.2. The highest BCUT2D eigenvalue weighted by Gasteiger charge is 2.20. The first-order valence-corrected chi connectivity index (χ1v) is 13.6. The highest BCUT2D eigenvalue weighted by Crippen LogP contribution is 2.35. The van der Waals surface area contributed by atoms with Gasteiger partial charge in [0.2, 0.25) is 17.0 Å². The Morgan fingerprint density at radius 2 is 1.62 bits per heavy atom. The number of aliphatic hydroxyl groups is 1. The van der Waals surface area contributed by atoms with Crippen LogP contribution in [0.4, 0.5) is 0 Å². The summed E-state index contributed by atoms with van der Waals surface area (Å²) in [7, 11) is 1.46. The fourth-order valence-electron chi connectivity index (χ4n) is 4.01. The molecule has 0 heterocycles. The molecule has 202 valence electrons. The van der Waals surface area contributed by atoms with Crippen LogP contribution in [0.25, 0.3) is 0 Å².